The van der Waals surface area contributed by atoms with Crippen LogP contribution in [0.1, 0.15) is 19.0 Å². The molecule has 8 nitrogen and oxygen atoms in total. The second kappa shape index (κ2) is 9.35. The van der Waals surface area contributed by atoms with Gasteiger partial charge in [-0.2, -0.15) is 0 Å². The van der Waals surface area contributed by atoms with Gasteiger partial charge in [0.1, 0.15) is 18.1 Å². The highest BCUT2D eigenvalue weighted by Gasteiger charge is 2.08. The van der Waals surface area contributed by atoms with E-state index in [2.05, 4.69) is 27.4 Å². The first-order chi connectivity index (χ1) is 12.8. The lowest BCUT2D eigenvalue weighted by Crippen LogP contribution is -2.08. The van der Waals surface area contributed by atoms with Gasteiger partial charge in [-0.05, 0) is 36.9 Å². The summed E-state index contributed by atoms with van der Waals surface area (Å²) in [6.07, 6.45) is 4.76. The molecule has 3 rings (SSSR count). The molecule has 0 bridgehead atoms. The van der Waals surface area contributed by atoms with Crippen molar-refractivity contribution in [3.8, 4) is 17.2 Å². The number of thioether (sulfide) groups is 1. The van der Waals surface area contributed by atoms with Crippen molar-refractivity contribution < 1.29 is 13.9 Å². The molecule has 0 aliphatic carbocycles. The molecular weight excluding hydrogens is 354 g/mol. The Hall–Kier alpha value is -2.39. The molecule has 2 heterocycles. The number of benzene rings is 1. The molecule has 3 aromatic rings. The first kappa shape index (κ1) is 18.4. The van der Waals surface area contributed by atoms with Crippen molar-refractivity contribution in [1.29, 1.82) is 0 Å². The van der Waals surface area contributed by atoms with Gasteiger partial charge in [-0.15, -0.1) is 15.3 Å². The quantitative estimate of drug-likeness (QED) is 0.395. The molecule has 0 unspecified atom stereocenters. The van der Waals surface area contributed by atoms with Crippen LogP contribution in [0.5, 0.6) is 5.75 Å². The van der Waals surface area contributed by atoms with Crippen LogP contribution in [0, 0.1) is 0 Å². The van der Waals surface area contributed by atoms with Crippen LogP contribution in [-0.2, 0) is 17.9 Å². The third-order valence-electron chi connectivity index (χ3n) is 3.46. The third kappa shape index (κ3) is 5.06. The summed E-state index contributed by atoms with van der Waals surface area (Å²) in [7, 11) is 0. The first-order valence-electron chi connectivity index (χ1n) is 8.36. The number of hydrogen-bond acceptors (Lipinski definition) is 8. The van der Waals surface area contributed by atoms with E-state index < -0.39 is 0 Å². The van der Waals surface area contributed by atoms with Crippen LogP contribution in [0.2, 0.25) is 0 Å². The second-order valence-corrected chi connectivity index (χ2v) is 6.23. The summed E-state index contributed by atoms with van der Waals surface area (Å²) in [5.41, 5.74) is 1.69. The van der Waals surface area contributed by atoms with E-state index in [-0.39, 0.29) is 0 Å². The summed E-state index contributed by atoms with van der Waals surface area (Å²) in [5, 5.41) is 16.6. The largest absolute Gasteiger partial charge is 0.492 e. The molecule has 2 aromatic heterocycles. The first-order valence-corrected chi connectivity index (χ1v) is 9.58. The Kier molecular flexibility index (Phi) is 6.62. The molecule has 0 saturated carbocycles. The van der Waals surface area contributed by atoms with Crippen molar-refractivity contribution >= 4 is 11.8 Å². The van der Waals surface area contributed by atoms with E-state index in [9.17, 15) is 0 Å². The third-order valence-corrected chi connectivity index (χ3v) is 3.97. The van der Waals surface area contributed by atoms with Crippen LogP contribution in [0.3, 0.4) is 0 Å². The number of ether oxygens (including phenoxy) is 2. The molecule has 0 fully saturated rings. The smallest absolute Gasteiger partial charge is 0.276 e. The molecule has 0 radical (unpaired) electrons. The van der Waals surface area contributed by atoms with Gasteiger partial charge in [-0.25, -0.2) is 4.68 Å². The van der Waals surface area contributed by atoms with Crippen molar-refractivity contribution in [1.82, 2.24) is 25.2 Å². The highest BCUT2D eigenvalue weighted by Crippen LogP contribution is 2.23. The normalized spacial score (nSPS) is 11.0. The van der Waals surface area contributed by atoms with Gasteiger partial charge in [-0.1, -0.05) is 23.9 Å². The standard InChI is InChI=1S/C17H21N5O3S/c1-3-9-23-12-14-11-22(21-18-14)8-10-24-15-6-4-13(5-7-15)16-19-20-17(25-16)26-2/h4-7,11H,3,8-10,12H2,1-2H3. The minimum absolute atomic E-state index is 0.490. The summed E-state index contributed by atoms with van der Waals surface area (Å²) in [6.45, 7) is 4.40. The van der Waals surface area contributed by atoms with E-state index in [1.54, 1.807) is 4.68 Å². The number of nitrogens with zero attached hydrogens (tertiary/aromatic N) is 5. The zero-order valence-corrected chi connectivity index (χ0v) is 15.6. The number of aromatic nitrogens is 5. The Bertz CT molecular complexity index is 803. The maximum atomic E-state index is 5.74. The molecule has 0 spiro atoms. The van der Waals surface area contributed by atoms with Gasteiger partial charge < -0.3 is 13.9 Å². The Balaban J connectivity index is 1.46. The van der Waals surface area contributed by atoms with E-state index in [1.807, 2.05) is 36.7 Å². The molecule has 138 valence electrons. The van der Waals surface area contributed by atoms with Crippen LogP contribution >= 0.6 is 11.8 Å². The zero-order valence-electron chi connectivity index (χ0n) is 14.8. The lowest BCUT2D eigenvalue weighted by Gasteiger charge is -2.06. The average molecular weight is 375 g/mol. The fourth-order valence-corrected chi connectivity index (χ4v) is 2.48. The molecule has 0 saturated heterocycles. The van der Waals surface area contributed by atoms with E-state index in [1.165, 1.54) is 11.8 Å². The van der Waals surface area contributed by atoms with Crippen LogP contribution in [0.4, 0.5) is 0 Å². The fourth-order valence-electron chi connectivity index (χ4n) is 2.19. The van der Waals surface area contributed by atoms with Gasteiger partial charge in [0.25, 0.3) is 5.22 Å². The number of rotatable bonds is 10. The molecule has 0 aliphatic heterocycles. The predicted molar refractivity (Wildman–Crippen MR) is 97.0 cm³/mol. The van der Waals surface area contributed by atoms with Crippen LogP contribution in [0.15, 0.2) is 40.1 Å². The van der Waals surface area contributed by atoms with Crippen molar-refractivity contribution in [2.45, 2.75) is 31.7 Å². The van der Waals surface area contributed by atoms with Gasteiger partial charge in [0.05, 0.1) is 19.3 Å². The van der Waals surface area contributed by atoms with Gasteiger partial charge in [-0.3, -0.25) is 0 Å². The number of hydrogen-bond donors (Lipinski definition) is 0. The lowest BCUT2D eigenvalue weighted by atomic mass is 10.2. The topological polar surface area (TPSA) is 88.1 Å². The monoisotopic (exact) mass is 375 g/mol. The zero-order chi connectivity index (χ0) is 18.2. The average Bonchev–Trinajstić information content (AvgIpc) is 3.32. The van der Waals surface area contributed by atoms with Gasteiger partial charge in [0.15, 0.2) is 0 Å². The van der Waals surface area contributed by atoms with Crippen LogP contribution in [0.25, 0.3) is 11.5 Å². The predicted octanol–water partition coefficient (Wildman–Crippen LogP) is 3.06. The Morgan fingerprint density at radius 2 is 1.96 bits per heavy atom. The summed E-state index contributed by atoms with van der Waals surface area (Å²) >= 11 is 1.42. The molecular formula is C17H21N5O3S. The molecule has 1 aromatic carbocycles. The van der Waals surface area contributed by atoms with Crippen molar-refractivity contribution in [3.63, 3.8) is 0 Å². The van der Waals surface area contributed by atoms with Crippen molar-refractivity contribution in [3.05, 3.63) is 36.2 Å². The molecule has 9 heteroatoms. The highest BCUT2D eigenvalue weighted by molar-refractivity contribution is 7.98. The minimum Gasteiger partial charge on any atom is -0.492 e. The van der Waals surface area contributed by atoms with Crippen molar-refractivity contribution in [2.75, 3.05) is 19.5 Å². The molecule has 0 atom stereocenters. The van der Waals surface area contributed by atoms with Gasteiger partial charge >= 0.3 is 0 Å². The fraction of sp³-hybridized carbons (Fsp3) is 0.412. The lowest BCUT2D eigenvalue weighted by molar-refractivity contribution is 0.119. The van der Waals surface area contributed by atoms with E-state index in [4.69, 9.17) is 13.9 Å². The summed E-state index contributed by atoms with van der Waals surface area (Å²) in [6, 6.07) is 7.55. The van der Waals surface area contributed by atoms with Gasteiger partial charge in [0.2, 0.25) is 5.89 Å². The molecule has 0 aliphatic rings. The second-order valence-electron chi connectivity index (χ2n) is 5.48. The maximum absolute atomic E-state index is 5.74. The van der Waals surface area contributed by atoms with E-state index >= 15 is 0 Å². The summed E-state index contributed by atoms with van der Waals surface area (Å²) in [4.78, 5) is 0. The summed E-state index contributed by atoms with van der Waals surface area (Å²) < 4.78 is 18.4. The highest BCUT2D eigenvalue weighted by atomic mass is 32.2. The van der Waals surface area contributed by atoms with Crippen LogP contribution < -0.4 is 4.74 Å². The van der Waals surface area contributed by atoms with Gasteiger partial charge in [0, 0.05) is 12.2 Å². The maximum Gasteiger partial charge on any atom is 0.276 e. The van der Waals surface area contributed by atoms with Crippen molar-refractivity contribution in [2.24, 2.45) is 0 Å². The van der Waals surface area contributed by atoms with E-state index in [0.29, 0.717) is 30.9 Å². The van der Waals surface area contributed by atoms with E-state index in [0.717, 1.165) is 30.0 Å². The SMILES string of the molecule is CCCOCc1cn(CCOc2ccc(-c3nnc(SC)o3)cc2)nn1. The Morgan fingerprint density at radius 3 is 2.69 bits per heavy atom. The minimum atomic E-state index is 0.490. The van der Waals surface area contributed by atoms with Crippen LogP contribution in [-0.4, -0.2) is 44.7 Å². The summed E-state index contributed by atoms with van der Waals surface area (Å²) in [5.74, 6) is 1.27. The Morgan fingerprint density at radius 1 is 1.12 bits per heavy atom. The molecule has 0 N–H and O–H groups in total. The molecule has 26 heavy (non-hydrogen) atoms. The Labute approximate surface area is 155 Å². The molecule has 0 amide bonds.